The Kier molecular flexibility index (Phi) is 13.7. The number of fused-ring (bicyclic) bond motifs is 14. The van der Waals surface area contributed by atoms with Crippen molar-refractivity contribution in [3.8, 4) is 23.0 Å². The highest BCUT2D eigenvalue weighted by molar-refractivity contribution is 6.23. The number of methoxy groups -OCH3 is 1. The van der Waals surface area contributed by atoms with E-state index in [2.05, 4.69) is 15.3 Å². The minimum Gasteiger partial charge on any atom is -0.507 e. The summed E-state index contributed by atoms with van der Waals surface area (Å²) < 4.78 is 23.6. The molecule has 59 heavy (non-hydrogen) atoms. The summed E-state index contributed by atoms with van der Waals surface area (Å²) in [6.45, 7) is 15.3. The third kappa shape index (κ3) is 8.91. The number of ketones is 1. The summed E-state index contributed by atoms with van der Waals surface area (Å²) in [4.78, 5) is 42.7. The number of nitrogens with zero attached hydrogens (tertiary/aromatic N) is 2. The second-order valence-corrected chi connectivity index (χ2v) is 16.2. The molecule has 1 fully saturated rings. The van der Waals surface area contributed by atoms with Gasteiger partial charge in [-0.1, -0.05) is 45.9 Å². The van der Waals surface area contributed by atoms with E-state index in [1.165, 1.54) is 59.4 Å². The molecule has 0 aromatic heterocycles. The highest BCUT2D eigenvalue weighted by atomic mass is 16.7. The van der Waals surface area contributed by atoms with Gasteiger partial charge in [0.25, 0.3) is 11.7 Å². The maximum Gasteiger partial charge on any atom is 0.312 e. The lowest BCUT2D eigenvalue weighted by atomic mass is 9.78. The molecular weight excluding hydrogens is 764 g/mol. The smallest absolute Gasteiger partial charge is 0.312 e. The van der Waals surface area contributed by atoms with E-state index >= 15 is 0 Å². The van der Waals surface area contributed by atoms with E-state index < -0.39 is 88.8 Å². The number of hydrogen-bond acceptors (Lipinski definition) is 14. The molecule has 0 aliphatic carbocycles. The van der Waals surface area contributed by atoms with Gasteiger partial charge in [0.2, 0.25) is 6.21 Å². The van der Waals surface area contributed by atoms with Crippen LogP contribution in [0.5, 0.6) is 23.0 Å². The summed E-state index contributed by atoms with van der Waals surface area (Å²) in [7, 11) is 3.44. The van der Waals surface area contributed by atoms with Gasteiger partial charge in [0.1, 0.15) is 34.6 Å². The fraction of sp³-hybridized carbons (Fsp3) is 0.535. The number of nitrogens with one attached hydrogen (secondary N) is 2. The minimum absolute atomic E-state index is 0.0638. The summed E-state index contributed by atoms with van der Waals surface area (Å²) in [6.07, 6.45) is 5.03. The highest BCUT2D eigenvalue weighted by Crippen LogP contribution is 2.55. The second kappa shape index (κ2) is 18.0. The lowest BCUT2D eigenvalue weighted by Crippen LogP contribution is -2.83. The van der Waals surface area contributed by atoms with Gasteiger partial charge < -0.3 is 54.7 Å². The van der Waals surface area contributed by atoms with E-state index in [-0.39, 0.29) is 44.5 Å². The van der Waals surface area contributed by atoms with Crippen molar-refractivity contribution in [3.63, 3.8) is 0 Å². The summed E-state index contributed by atoms with van der Waals surface area (Å²) in [5, 5.41) is 65.7. The van der Waals surface area contributed by atoms with Crippen LogP contribution in [0.1, 0.15) is 70.0 Å². The van der Waals surface area contributed by atoms with Crippen molar-refractivity contribution in [2.75, 3.05) is 45.7 Å². The number of phenolic OH excluding ortho intramolecular Hbond substituents is 3. The Morgan fingerprint density at radius 3 is 2.24 bits per heavy atom. The quantitative estimate of drug-likeness (QED) is 0.102. The number of aliphatic hydroxyl groups excluding tert-OH is 2. The van der Waals surface area contributed by atoms with Gasteiger partial charge in [-0.15, -0.1) is 5.10 Å². The molecule has 6 rings (SSSR count). The Balaban J connectivity index is 1.70. The Labute approximate surface area is 344 Å². The van der Waals surface area contributed by atoms with Gasteiger partial charge in [0.15, 0.2) is 5.75 Å². The van der Waals surface area contributed by atoms with Crippen molar-refractivity contribution in [1.29, 1.82) is 0 Å². The van der Waals surface area contributed by atoms with Crippen molar-refractivity contribution < 1.29 is 64.0 Å². The average molecular weight is 824 g/mol. The predicted molar refractivity (Wildman–Crippen MR) is 219 cm³/mol. The molecule has 5 bridgehead atoms. The van der Waals surface area contributed by atoms with Crippen LogP contribution in [0.15, 0.2) is 36.1 Å². The number of aliphatic hydroxyl groups is 2. The minimum atomic E-state index is -2.03. The highest BCUT2D eigenvalue weighted by Gasteiger charge is 2.50. The van der Waals surface area contributed by atoms with Crippen molar-refractivity contribution in [1.82, 2.24) is 9.91 Å². The summed E-state index contributed by atoms with van der Waals surface area (Å²) >= 11 is 0. The van der Waals surface area contributed by atoms with Gasteiger partial charge in [-0.3, -0.25) is 14.4 Å². The number of Topliss-reactive ketones (excluding diaryl/α,β-unsaturated/α-hetero) is 1. The average Bonchev–Trinajstić information content (AvgIpc) is 3.46. The van der Waals surface area contributed by atoms with Crippen LogP contribution in [0.25, 0.3) is 10.8 Å². The van der Waals surface area contributed by atoms with Crippen LogP contribution < -0.4 is 15.2 Å². The number of benzene rings is 2. The Morgan fingerprint density at radius 1 is 0.949 bits per heavy atom. The molecular formula is C43H59N4O12+. The first kappa shape index (κ1) is 44.9. The zero-order valence-corrected chi connectivity index (χ0v) is 35.4. The summed E-state index contributed by atoms with van der Waals surface area (Å²) in [5.41, 5.74) is -0.231. The van der Waals surface area contributed by atoms with Gasteiger partial charge in [-0.25, -0.2) is 0 Å². The molecule has 4 heterocycles. The van der Waals surface area contributed by atoms with Crippen molar-refractivity contribution >= 4 is 40.3 Å². The number of hydrogen-bond donors (Lipinski definition) is 7. The number of anilines is 1. The number of carbonyl (C=O) groups excluding carboxylic acids is 3. The van der Waals surface area contributed by atoms with Crippen molar-refractivity contribution in [3.05, 3.63) is 52.8 Å². The van der Waals surface area contributed by atoms with E-state index in [4.69, 9.17) is 18.9 Å². The van der Waals surface area contributed by atoms with Gasteiger partial charge in [0.05, 0.1) is 48.6 Å². The number of hydrazine groups is 1. The van der Waals surface area contributed by atoms with Crippen LogP contribution >= 0.6 is 0 Å². The molecule has 7 N–H and O–H groups in total. The molecule has 16 nitrogen and oxygen atoms in total. The van der Waals surface area contributed by atoms with Crippen molar-refractivity contribution in [2.24, 2.45) is 23.7 Å². The van der Waals surface area contributed by atoms with Crippen molar-refractivity contribution in [2.45, 2.75) is 85.6 Å². The monoisotopic (exact) mass is 823 g/mol. The van der Waals surface area contributed by atoms with E-state index in [0.29, 0.717) is 13.1 Å². The number of allylic oxidation sites excluding steroid dienone is 2. The number of piperazine rings is 1. The molecule has 9 atom stereocenters. The Hall–Kier alpha value is -5.16. The number of aromatic hydroxyl groups is 3. The topological polar surface area (TPSA) is 222 Å². The number of rotatable bonds is 4. The lowest BCUT2D eigenvalue weighted by molar-refractivity contribution is -0.643. The molecule has 1 amide bonds. The number of phenols is 3. The first-order valence-corrected chi connectivity index (χ1v) is 19.8. The molecule has 0 radical (unpaired) electrons. The zero-order chi connectivity index (χ0) is 43.7. The van der Waals surface area contributed by atoms with E-state index in [9.17, 15) is 39.9 Å². The molecule has 16 heteroatoms. The molecule has 0 unspecified atom stereocenters. The number of likely N-dealkylation sites (N-methyl/N-ethyl adjacent to an activating group) is 1. The maximum atomic E-state index is 14.4. The normalized spacial score (nSPS) is 32.1. The fourth-order valence-corrected chi connectivity index (χ4v) is 7.98. The molecule has 4 aliphatic heterocycles. The van der Waals surface area contributed by atoms with Crippen LogP contribution in [0.3, 0.4) is 0 Å². The molecule has 2 aromatic carbocycles. The number of hydrazone groups is 1. The first-order chi connectivity index (χ1) is 27.7. The third-order valence-electron chi connectivity index (χ3n) is 11.9. The van der Waals surface area contributed by atoms with E-state index in [1.807, 2.05) is 12.1 Å². The van der Waals surface area contributed by atoms with E-state index in [0.717, 1.165) is 13.1 Å². The van der Waals surface area contributed by atoms with E-state index in [1.54, 1.807) is 39.8 Å². The van der Waals surface area contributed by atoms with Crippen LogP contribution in [0, 0.1) is 30.6 Å². The Morgan fingerprint density at radius 2 is 1.61 bits per heavy atom. The number of esters is 1. The SMILES string of the molecule is CO[C@H]1/C=C/O[C@@]2(C)Oc3c(C)c(O)c4c(O)c(c(/C=[NH+]/N5CCN(C)CC5)c(O)c4c3C2=O)NC(=O)/C(C)=C/C=C/[C@H](C)[C@H](O)[C@@H](C)[C@@H](O)[C@@H](C)[C@H](OC(C)=O)[C@@H]1C. The molecule has 1 saturated heterocycles. The number of ether oxygens (including phenoxy) is 4. The maximum absolute atomic E-state index is 14.4. The zero-order valence-electron chi connectivity index (χ0n) is 35.4. The predicted octanol–water partition coefficient (Wildman–Crippen LogP) is 2.42. The summed E-state index contributed by atoms with van der Waals surface area (Å²) in [5.74, 6) is -8.22. The van der Waals surface area contributed by atoms with Crippen LogP contribution in [0.4, 0.5) is 5.69 Å². The standard InChI is InChI=1S/C43H58N4O12/c1-21-12-11-13-22(2)42(55)45-33-28(20-44-47-17-15-46(9)16-18-47)37(52)30-31(38(33)53)36(51)26(6)40-32(30)41(54)43(8,59-40)57-19-14-29(56-10)23(3)39(58-27(7)48)25(5)35(50)24(4)34(21)49/h11-14,19-21,23-25,29,34-35,39,49-53H,15-18H2,1-10H3,(H,45,55)/p+1/b12-11+,19-14+,22-13+,44-20+/t21-,23+,24+,25+,29-,34-,35+,39+,43-/m0/s1. The molecule has 4 aliphatic rings. The molecule has 0 saturated carbocycles. The third-order valence-corrected chi connectivity index (χ3v) is 11.9. The van der Waals surface area contributed by atoms with Gasteiger partial charge in [0, 0.05) is 74.2 Å². The largest absolute Gasteiger partial charge is 0.507 e. The first-order valence-electron chi connectivity index (χ1n) is 19.8. The Bertz CT molecular complexity index is 2070. The molecule has 322 valence electrons. The van der Waals surface area contributed by atoms with Crippen LogP contribution in [-0.4, -0.2) is 130 Å². The van der Waals surface area contributed by atoms with Gasteiger partial charge in [-0.05, 0) is 27.0 Å². The second-order valence-electron chi connectivity index (χ2n) is 16.2. The number of amides is 1. The number of carbonyl (C=O) groups is 3. The van der Waals surface area contributed by atoms with Gasteiger partial charge in [-0.2, -0.15) is 5.01 Å². The van der Waals surface area contributed by atoms with Crippen LogP contribution in [0.2, 0.25) is 0 Å². The fourth-order valence-electron chi connectivity index (χ4n) is 7.98. The van der Waals surface area contributed by atoms with Gasteiger partial charge >= 0.3 is 11.8 Å². The lowest BCUT2D eigenvalue weighted by Gasteiger charge is -2.38. The molecule has 2 aromatic rings. The summed E-state index contributed by atoms with van der Waals surface area (Å²) in [6, 6.07) is 0. The molecule has 0 spiro atoms. The van der Waals surface area contributed by atoms with Crippen LogP contribution in [-0.2, 0) is 23.8 Å².